The van der Waals surface area contributed by atoms with Gasteiger partial charge in [0, 0.05) is 30.6 Å². The summed E-state index contributed by atoms with van der Waals surface area (Å²) in [6.07, 6.45) is 8.32. The Bertz CT molecular complexity index is 798. The lowest BCUT2D eigenvalue weighted by Crippen LogP contribution is -2.36. The molecule has 0 radical (unpaired) electrons. The van der Waals surface area contributed by atoms with Gasteiger partial charge in [0.2, 0.25) is 0 Å². The van der Waals surface area contributed by atoms with E-state index in [1.165, 1.54) is 18.4 Å². The summed E-state index contributed by atoms with van der Waals surface area (Å²) in [5, 5.41) is 4.00. The van der Waals surface area contributed by atoms with Crippen LogP contribution in [0.4, 0.5) is 0 Å². The minimum absolute atomic E-state index is 0.0738. The van der Waals surface area contributed by atoms with Gasteiger partial charge in [-0.15, -0.1) is 0 Å². The molecular formula is C20H28N4O2. The summed E-state index contributed by atoms with van der Waals surface area (Å²) < 4.78 is 7.22. The van der Waals surface area contributed by atoms with Crippen LogP contribution in [0.2, 0.25) is 0 Å². The molecule has 0 N–H and O–H groups in total. The van der Waals surface area contributed by atoms with Gasteiger partial charge in [0.25, 0.3) is 5.56 Å². The molecule has 1 aliphatic carbocycles. The Balaban J connectivity index is 1.31. The van der Waals surface area contributed by atoms with Gasteiger partial charge in [-0.2, -0.15) is 0 Å². The van der Waals surface area contributed by atoms with Crippen molar-refractivity contribution in [2.24, 2.45) is 5.92 Å². The van der Waals surface area contributed by atoms with Crippen LogP contribution < -0.4 is 5.56 Å². The van der Waals surface area contributed by atoms with E-state index in [9.17, 15) is 4.79 Å². The standard InChI is InChI=1S/C20H28N4O2/c1-14(2)18-9-19(25)24(13-21-18)11-15-5-7-23(8-6-15)12-17-10-22-26-20(17)16-3-4-16/h9-10,13-16H,3-8,11-12H2,1-2H3. The third-order valence-corrected chi connectivity index (χ3v) is 5.67. The molecule has 4 rings (SSSR count). The normalized spacial score (nSPS) is 19.3. The third kappa shape index (κ3) is 3.90. The Hall–Kier alpha value is -1.95. The van der Waals surface area contributed by atoms with Crippen molar-refractivity contribution in [2.75, 3.05) is 13.1 Å². The minimum Gasteiger partial charge on any atom is -0.361 e. The van der Waals surface area contributed by atoms with Gasteiger partial charge in [-0.1, -0.05) is 19.0 Å². The number of piperidine rings is 1. The highest BCUT2D eigenvalue weighted by Crippen LogP contribution is 2.42. The Labute approximate surface area is 154 Å². The summed E-state index contributed by atoms with van der Waals surface area (Å²) in [6, 6.07) is 1.69. The minimum atomic E-state index is 0.0738. The van der Waals surface area contributed by atoms with Crippen molar-refractivity contribution in [1.82, 2.24) is 19.6 Å². The largest absolute Gasteiger partial charge is 0.361 e. The topological polar surface area (TPSA) is 64.2 Å². The first-order chi connectivity index (χ1) is 12.6. The number of aromatic nitrogens is 3. The molecule has 0 spiro atoms. The van der Waals surface area contributed by atoms with Gasteiger partial charge in [0.05, 0.1) is 18.2 Å². The molecule has 1 aliphatic heterocycles. The Morgan fingerprint density at radius 3 is 2.65 bits per heavy atom. The van der Waals surface area contributed by atoms with E-state index in [0.29, 0.717) is 17.8 Å². The molecule has 2 aromatic heterocycles. The molecule has 6 heteroatoms. The summed E-state index contributed by atoms with van der Waals surface area (Å²) in [7, 11) is 0. The molecule has 3 heterocycles. The van der Waals surface area contributed by atoms with Crippen molar-refractivity contribution in [1.29, 1.82) is 0 Å². The van der Waals surface area contributed by atoms with E-state index in [0.717, 1.165) is 50.5 Å². The van der Waals surface area contributed by atoms with E-state index in [1.807, 2.05) is 6.20 Å². The predicted molar refractivity (Wildman–Crippen MR) is 99.1 cm³/mol. The van der Waals surface area contributed by atoms with Crippen molar-refractivity contribution >= 4 is 0 Å². The molecule has 26 heavy (non-hydrogen) atoms. The zero-order chi connectivity index (χ0) is 18.1. The first kappa shape index (κ1) is 17.5. The fourth-order valence-corrected chi connectivity index (χ4v) is 3.81. The lowest BCUT2D eigenvalue weighted by Gasteiger charge is -2.32. The highest BCUT2D eigenvalue weighted by molar-refractivity contribution is 5.21. The maximum atomic E-state index is 12.3. The molecule has 2 aromatic rings. The molecule has 0 unspecified atom stereocenters. The van der Waals surface area contributed by atoms with Crippen molar-refractivity contribution in [3.63, 3.8) is 0 Å². The van der Waals surface area contributed by atoms with Crippen LogP contribution in [-0.2, 0) is 13.1 Å². The Morgan fingerprint density at radius 2 is 2.00 bits per heavy atom. The number of hydrogen-bond acceptors (Lipinski definition) is 5. The molecular weight excluding hydrogens is 328 g/mol. The van der Waals surface area contributed by atoms with E-state index in [2.05, 4.69) is 28.9 Å². The first-order valence-corrected chi connectivity index (χ1v) is 9.82. The number of rotatable bonds is 6. The fraction of sp³-hybridized carbons (Fsp3) is 0.650. The van der Waals surface area contributed by atoms with E-state index in [1.54, 1.807) is 17.0 Å². The van der Waals surface area contributed by atoms with Gasteiger partial charge in [-0.3, -0.25) is 14.3 Å². The lowest BCUT2D eigenvalue weighted by molar-refractivity contribution is 0.165. The summed E-state index contributed by atoms with van der Waals surface area (Å²) in [6.45, 7) is 7.96. The number of nitrogens with zero attached hydrogens (tertiary/aromatic N) is 4. The van der Waals surface area contributed by atoms with Crippen LogP contribution in [0.5, 0.6) is 0 Å². The van der Waals surface area contributed by atoms with Crippen LogP contribution in [0, 0.1) is 5.92 Å². The van der Waals surface area contributed by atoms with Crippen LogP contribution >= 0.6 is 0 Å². The Morgan fingerprint density at radius 1 is 1.23 bits per heavy atom. The van der Waals surface area contributed by atoms with Crippen LogP contribution in [0.1, 0.15) is 68.4 Å². The molecule has 1 saturated heterocycles. The SMILES string of the molecule is CC(C)c1cc(=O)n(CC2CCN(Cc3cnoc3C3CC3)CC2)cn1. The zero-order valence-corrected chi connectivity index (χ0v) is 15.7. The monoisotopic (exact) mass is 356 g/mol. The lowest BCUT2D eigenvalue weighted by atomic mass is 9.96. The maximum Gasteiger partial charge on any atom is 0.253 e. The summed E-state index contributed by atoms with van der Waals surface area (Å²) >= 11 is 0. The number of likely N-dealkylation sites (tertiary alicyclic amines) is 1. The van der Waals surface area contributed by atoms with Crippen LogP contribution in [0.25, 0.3) is 0 Å². The van der Waals surface area contributed by atoms with Gasteiger partial charge in [0.15, 0.2) is 0 Å². The average molecular weight is 356 g/mol. The third-order valence-electron chi connectivity index (χ3n) is 5.67. The highest BCUT2D eigenvalue weighted by atomic mass is 16.5. The second kappa shape index (κ2) is 7.35. The highest BCUT2D eigenvalue weighted by Gasteiger charge is 2.31. The molecule has 0 aromatic carbocycles. The first-order valence-electron chi connectivity index (χ1n) is 9.82. The van der Waals surface area contributed by atoms with E-state index in [-0.39, 0.29) is 5.56 Å². The van der Waals surface area contributed by atoms with E-state index >= 15 is 0 Å². The molecule has 0 amide bonds. The van der Waals surface area contributed by atoms with Crippen LogP contribution in [0.3, 0.4) is 0 Å². The zero-order valence-electron chi connectivity index (χ0n) is 15.7. The summed E-state index contributed by atoms with van der Waals surface area (Å²) in [4.78, 5) is 19.2. The molecule has 0 bridgehead atoms. The van der Waals surface area contributed by atoms with Crippen molar-refractivity contribution < 1.29 is 4.52 Å². The average Bonchev–Trinajstić information content (AvgIpc) is 3.37. The molecule has 2 fully saturated rings. The van der Waals surface area contributed by atoms with Gasteiger partial charge in [0.1, 0.15) is 5.76 Å². The fourth-order valence-electron chi connectivity index (χ4n) is 3.81. The van der Waals surface area contributed by atoms with Gasteiger partial charge < -0.3 is 4.52 Å². The predicted octanol–water partition coefficient (Wildman–Crippen LogP) is 3.14. The van der Waals surface area contributed by atoms with E-state index < -0.39 is 0 Å². The quantitative estimate of drug-likeness (QED) is 0.795. The molecule has 0 atom stereocenters. The number of hydrogen-bond donors (Lipinski definition) is 0. The molecule has 1 saturated carbocycles. The molecule has 6 nitrogen and oxygen atoms in total. The van der Waals surface area contributed by atoms with Gasteiger partial charge in [-0.05, 0) is 50.6 Å². The molecule has 140 valence electrons. The van der Waals surface area contributed by atoms with E-state index in [4.69, 9.17) is 4.52 Å². The van der Waals surface area contributed by atoms with Gasteiger partial charge in [-0.25, -0.2) is 4.98 Å². The van der Waals surface area contributed by atoms with Crippen molar-refractivity contribution in [3.8, 4) is 0 Å². The van der Waals surface area contributed by atoms with Gasteiger partial charge >= 0.3 is 0 Å². The smallest absolute Gasteiger partial charge is 0.253 e. The van der Waals surface area contributed by atoms with Crippen molar-refractivity contribution in [3.05, 3.63) is 46.0 Å². The second-order valence-corrected chi connectivity index (χ2v) is 8.17. The Kier molecular flexibility index (Phi) is 4.94. The summed E-state index contributed by atoms with van der Waals surface area (Å²) in [5.41, 5.74) is 2.21. The van der Waals surface area contributed by atoms with Crippen molar-refractivity contribution in [2.45, 2.75) is 64.5 Å². The van der Waals surface area contributed by atoms with Crippen LogP contribution in [0.15, 0.2) is 27.9 Å². The summed E-state index contributed by atoms with van der Waals surface area (Å²) in [5.74, 6) is 2.55. The maximum absolute atomic E-state index is 12.3. The second-order valence-electron chi connectivity index (χ2n) is 8.17. The van der Waals surface area contributed by atoms with Crippen LogP contribution in [-0.4, -0.2) is 32.7 Å². The molecule has 2 aliphatic rings.